The summed E-state index contributed by atoms with van der Waals surface area (Å²) >= 11 is 0. The van der Waals surface area contributed by atoms with Crippen molar-refractivity contribution in [2.24, 2.45) is 0 Å². The topological polar surface area (TPSA) is 9.23 Å². The number of para-hydroxylation sites is 1. The Morgan fingerprint density at radius 3 is 2.00 bits per heavy atom. The average Bonchev–Trinajstić information content (AvgIpc) is 1.90. The standard InChI is InChI=1S/C6H8BO.Na/c7-8-6-4-2-1-3-5-6;/h1-5H,7H3;/q-1;+1. The molecule has 1 aromatic carbocycles. The molecule has 0 amide bonds. The normalized spacial score (nSPS) is 7.67. The Morgan fingerprint density at radius 2 is 1.67 bits per heavy atom. The molecule has 0 saturated heterocycles. The van der Waals surface area contributed by atoms with Crippen LogP contribution in [0, 0.1) is 0 Å². The van der Waals surface area contributed by atoms with Gasteiger partial charge in [-0.25, -0.2) is 0 Å². The molecule has 0 unspecified atom stereocenters. The van der Waals surface area contributed by atoms with E-state index in [1.165, 1.54) is 0 Å². The summed E-state index contributed by atoms with van der Waals surface area (Å²) in [5.74, 6) is 1.02. The molecule has 0 bridgehead atoms. The van der Waals surface area contributed by atoms with Crippen molar-refractivity contribution < 1.29 is 34.2 Å². The zero-order valence-corrected chi connectivity index (χ0v) is 6.79. The molecule has 0 aliphatic heterocycles. The van der Waals surface area contributed by atoms with Gasteiger partial charge in [0.15, 0.2) is 0 Å². The average molecular weight is 130 g/mol. The Kier molecular flexibility index (Phi) is 4.96. The zero-order valence-electron chi connectivity index (χ0n) is 4.79. The minimum Gasteiger partial charge on any atom is -0.721 e. The van der Waals surface area contributed by atoms with E-state index in [0.29, 0.717) is 0 Å². The van der Waals surface area contributed by atoms with Crippen molar-refractivity contribution in [2.75, 3.05) is 0 Å². The predicted molar refractivity (Wildman–Crippen MR) is 37.0 cm³/mol. The molecule has 42 valence electrons. The van der Waals surface area contributed by atoms with Crippen molar-refractivity contribution in [3.63, 3.8) is 0 Å². The Labute approximate surface area is 78.1 Å². The summed E-state index contributed by atoms with van der Waals surface area (Å²) < 4.78 is 5.16. The molecule has 0 aromatic heterocycles. The second-order valence-electron chi connectivity index (χ2n) is 1.31. The van der Waals surface area contributed by atoms with Crippen molar-refractivity contribution in [3.05, 3.63) is 30.3 Å². The van der Waals surface area contributed by atoms with Crippen molar-refractivity contribution in [1.29, 1.82) is 0 Å². The van der Waals surface area contributed by atoms with E-state index in [2.05, 4.69) is 0 Å². The Morgan fingerprint density at radius 1 is 1.11 bits per heavy atom. The van der Waals surface area contributed by atoms with Crippen molar-refractivity contribution in [3.8, 4) is 5.75 Å². The number of rotatable bonds is 1. The summed E-state index contributed by atoms with van der Waals surface area (Å²) in [4.78, 5) is 0. The Hall–Kier alpha value is 0.0849. The smallest absolute Gasteiger partial charge is 0.721 e. The first kappa shape index (κ1) is 9.08. The molecular weight excluding hydrogens is 122 g/mol. The predicted octanol–water partition coefficient (Wildman–Crippen LogP) is -2.65. The van der Waals surface area contributed by atoms with E-state index in [1.807, 2.05) is 30.3 Å². The molecule has 3 heteroatoms. The van der Waals surface area contributed by atoms with E-state index in [4.69, 9.17) is 4.65 Å². The Bertz CT molecular complexity index is 154. The summed E-state index contributed by atoms with van der Waals surface area (Å²) in [6.07, 6.45) is 0. The van der Waals surface area contributed by atoms with Gasteiger partial charge in [-0.3, -0.25) is 0 Å². The van der Waals surface area contributed by atoms with E-state index in [9.17, 15) is 0 Å². The van der Waals surface area contributed by atoms with Gasteiger partial charge in [-0.15, -0.1) is 0 Å². The van der Waals surface area contributed by atoms with Crippen LogP contribution < -0.4 is 34.2 Å². The van der Waals surface area contributed by atoms with Crippen molar-refractivity contribution >= 4 is 8.05 Å². The molecule has 0 fully saturated rings. The summed E-state index contributed by atoms with van der Waals surface area (Å²) in [6, 6.07) is 9.91. The van der Waals surface area contributed by atoms with Crippen LogP contribution in [0.2, 0.25) is 0 Å². The maximum absolute atomic E-state index is 5.16. The second-order valence-corrected chi connectivity index (χ2v) is 1.31. The fraction of sp³-hybridized carbons (Fsp3) is 0. The van der Waals surface area contributed by atoms with Crippen molar-refractivity contribution in [1.82, 2.24) is 0 Å². The Balaban J connectivity index is 0.000000640. The quantitative estimate of drug-likeness (QED) is 0.377. The first-order valence-electron chi connectivity index (χ1n) is 2.11. The minimum absolute atomic E-state index is 0. The van der Waals surface area contributed by atoms with Gasteiger partial charge in [0.05, 0.1) is 5.75 Å². The van der Waals surface area contributed by atoms with Gasteiger partial charge >= 0.3 is 29.6 Å². The van der Waals surface area contributed by atoms with E-state index in [-0.39, 0.29) is 37.6 Å². The molecule has 0 atom stereocenters. The third-order valence-electron chi connectivity index (χ3n) is 0.743. The first-order chi connectivity index (χ1) is 3.93. The van der Waals surface area contributed by atoms with Crippen LogP contribution >= 0.6 is 0 Å². The molecule has 1 aromatic rings. The van der Waals surface area contributed by atoms with E-state index < -0.39 is 0 Å². The van der Waals surface area contributed by atoms with Gasteiger partial charge in [0, 0.05) is 0 Å². The molecule has 9 heavy (non-hydrogen) atoms. The second kappa shape index (κ2) is 4.92. The maximum atomic E-state index is 5.16. The molecule has 1 rings (SSSR count). The van der Waals surface area contributed by atoms with Crippen LogP contribution in [-0.4, -0.2) is 8.05 Å². The summed E-state index contributed by atoms with van der Waals surface area (Å²) in [6.45, 7) is 0. The molecule has 0 heterocycles. The van der Waals surface area contributed by atoms with E-state index in [0.717, 1.165) is 5.75 Å². The SMILES string of the molecule is [BH3-]Oc1ccccc1.[Na+]. The molecule has 0 saturated carbocycles. The number of hydrogen-bond acceptors (Lipinski definition) is 1. The largest absolute Gasteiger partial charge is 1.00 e. The summed E-state index contributed by atoms with van der Waals surface area (Å²) in [5.41, 5.74) is 0. The van der Waals surface area contributed by atoms with Gasteiger partial charge in [0.25, 0.3) is 0 Å². The van der Waals surface area contributed by atoms with Crippen LogP contribution in [0.5, 0.6) is 5.75 Å². The van der Waals surface area contributed by atoms with Crippen LogP contribution in [0.15, 0.2) is 30.3 Å². The van der Waals surface area contributed by atoms with E-state index in [1.54, 1.807) is 0 Å². The molecule has 0 N–H and O–H groups in total. The third-order valence-corrected chi connectivity index (χ3v) is 0.743. The fourth-order valence-corrected chi connectivity index (χ4v) is 0.420. The monoisotopic (exact) mass is 130 g/mol. The maximum Gasteiger partial charge on any atom is 1.00 e. The van der Waals surface area contributed by atoms with Crippen LogP contribution in [0.25, 0.3) is 0 Å². The molecule has 0 radical (unpaired) electrons. The summed E-state index contributed by atoms with van der Waals surface area (Å²) in [5, 5.41) is 0. The van der Waals surface area contributed by atoms with Crippen molar-refractivity contribution in [2.45, 2.75) is 0 Å². The minimum atomic E-state index is 0. The molecule has 0 spiro atoms. The number of hydrogen-bond donors (Lipinski definition) is 0. The fourth-order valence-electron chi connectivity index (χ4n) is 0.420. The van der Waals surface area contributed by atoms with Gasteiger partial charge in [-0.1, -0.05) is 18.2 Å². The van der Waals surface area contributed by atoms with Gasteiger partial charge in [-0.2, -0.15) is 0 Å². The van der Waals surface area contributed by atoms with Crippen LogP contribution in [-0.2, 0) is 0 Å². The first-order valence-corrected chi connectivity index (χ1v) is 2.11. The van der Waals surface area contributed by atoms with E-state index >= 15 is 0 Å². The molecule has 0 aliphatic rings. The third kappa shape index (κ3) is 2.94. The van der Waals surface area contributed by atoms with Gasteiger partial charge in [0.1, 0.15) is 8.05 Å². The van der Waals surface area contributed by atoms with Crippen LogP contribution in [0.4, 0.5) is 0 Å². The zero-order chi connectivity index (χ0) is 5.82. The molecular formula is C6H8BNaO. The van der Waals surface area contributed by atoms with Gasteiger partial charge in [-0.05, 0) is 12.1 Å². The van der Waals surface area contributed by atoms with Crippen LogP contribution in [0.3, 0.4) is 0 Å². The van der Waals surface area contributed by atoms with Crippen LogP contribution in [0.1, 0.15) is 0 Å². The molecule has 1 nitrogen and oxygen atoms in total. The van der Waals surface area contributed by atoms with Gasteiger partial charge in [0.2, 0.25) is 0 Å². The van der Waals surface area contributed by atoms with Gasteiger partial charge < -0.3 is 4.65 Å². The summed E-state index contributed by atoms with van der Waals surface area (Å²) in [7, 11) is 0.0681. The number of benzene rings is 1. The molecule has 0 aliphatic carbocycles.